The van der Waals surface area contributed by atoms with Crippen LogP contribution in [0.2, 0.25) is 0 Å². The van der Waals surface area contributed by atoms with Gasteiger partial charge in [0.05, 0.1) is 5.69 Å². The minimum atomic E-state index is -0.307. The maximum absolute atomic E-state index is 13.3. The first-order valence-corrected chi connectivity index (χ1v) is 10.7. The Bertz CT molecular complexity index is 1080. The summed E-state index contributed by atoms with van der Waals surface area (Å²) in [7, 11) is 0. The van der Waals surface area contributed by atoms with Crippen LogP contribution >= 0.6 is 0 Å². The van der Waals surface area contributed by atoms with Gasteiger partial charge in [0.2, 0.25) is 11.9 Å². The second kappa shape index (κ2) is 10.3. The third-order valence-corrected chi connectivity index (χ3v) is 5.53. The van der Waals surface area contributed by atoms with Crippen LogP contribution in [0, 0.1) is 5.82 Å². The number of rotatable bonds is 8. The van der Waals surface area contributed by atoms with Gasteiger partial charge >= 0.3 is 0 Å². The van der Waals surface area contributed by atoms with E-state index in [0.29, 0.717) is 32.0 Å². The Kier molecular flexibility index (Phi) is 7.03. The van der Waals surface area contributed by atoms with Crippen LogP contribution in [0.4, 0.5) is 10.3 Å². The van der Waals surface area contributed by atoms with Crippen LogP contribution in [0.3, 0.4) is 0 Å². The molecule has 1 atom stereocenters. The molecular weight excluding hydrogens is 407 g/mol. The van der Waals surface area contributed by atoms with Crippen LogP contribution in [0.15, 0.2) is 60.8 Å². The van der Waals surface area contributed by atoms with Gasteiger partial charge in [0.1, 0.15) is 11.9 Å². The minimum absolute atomic E-state index is 0.233. The number of halogens is 1. The summed E-state index contributed by atoms with van der Waals surface area (Å²) < 4.78 is 13.3. The summed E-state index contributed by atoms with van der Waals surface area (Å²) in [6.07, 6.45) is 2.39. The number of primary amides is 1. The summed E-state index contributed by atoms with van der Waals surface area (Å²) in [5.41, 5.74) is 9.37. The SMILES string of the molecule is NC(=O)C1CNCCN1Cc1cccc(-c2ccnc(NCCc3cccc(F)c3)n2)c1. The van der Waals surface area contributed by atoms with Crippen LogP contribution in [-0.2, 0) is 17.8 Å². The number of nitrogens with two attached hydrogens (primary N) is 1. The van der Waals surface area contributed by atoms with Gasteiger partial charge in [-0.3, -0.25) is 9.69 Å². The molecule has 1 fully saturated rings. The monoisotopic (exact) mass is 434 g/mol. The average Bonchev–Trinajstić information content (AvgIpc) is 2.80. The Labute approximate surface area is 186 Å². The van der Waals surface area contributed by atoms with E-state index in [1.807, 2.05) is 30.3 Å². The lowest BCUT2D eigenvalue weighted by Crippen LogP contribution is -2.56. The number of nitrogens with one attached hydrogen (secondary N) is 2. The number of hydrogen-bond donors (Lipinski definition) is 3. The van der Waals surface area contributed by atoms with E-state index in [9.17, 15) is 9.18 Å². The van der Waals surface area contributed by atoms with Gasteiger partial charge in [-0.05, 0) is 41.8 Å². The Morgan fingerprint density at radius 1 is 1.19 bits per heavy atom. The molecule has 0 bridgehead atoms. The zero-order valence-corrected chi connectivity index (χ0v) is 17.8. The zero-order chi connectivity index (χ0) is 22.3. The number of anilines is 1. The normalized spacial score (nSPS) is 16.6. The molecule has 7 nitrogen and oxygen atoms in total. The fourth-order valence-electron chi connectivity index (χ4n) is 3.90. The molecule has 1 saturated heterocycles. The fraction of sp³-hybridized carbons (Fsp3) is 0.292. The fourth-order valence-corrected chi connectivity index (χ4v) is 3.90. The zero-order valence-electron chi connectivity index (χ0n) is 17.8. The van der Waals surface area contributed by atoms with Crippen molar-refractivity contribution in [2.45, 2.75) is 19.0 Å². The summed E-state index contributed by atoms with van der Waals surface area (Å²) in [4.78, 5) is 22.8. The second-order valence-corrected chi connectivity index (χ2v) is 7.87. The van der Waals surface area contributed by atoms with Crippen molar-refractivity contribution in [3.05, 3.63) is 77.7 Å². The molecule has 0 radical (unpaired) electrons. The van der Waals surface area contributed by atoms with Crippen molar-refractivity contribution in [1.29, 1.82) is 0 Å². The Morgan fingerprint density at radius 2 is 2.03 bits per heavy atom. The molecule has 1 amide bonds. The van der Waals surface area contributed by atoms with E-state index < -0.39 is 0 Å². The molecule has 3 aromatic rings. The van der Waals surface area contributed by atoms with Gasteiger partial charge in [-0.25, -0.2) is 14.4 Å². The van der Waals surface area contributed by atoms with Crippen molar-refractivity contribution >= 4 is 11.9 Å². The number of benzene rings is 2. The van der Waals surface area contributed by atoms with Crippen molar-refractivity contribution < 1.29 is 9.18 Å². The molecule has 8 heteroatoms. The van der Waals surface area contributed by atoms with E-state index in [0.717, 1.165) is 35.5 Å². The summed E-state index contributed by atoms with van der Waals surface area (Å²) in [5, 5.41) is 6.43. The molecule has 0 spiro atoms. The van der Waals surface area contributed by atoms with E-state index in [1.165, 1.54) is 12.1 Å². The molecule has 2 aromatic carbocycles. The smallest absolute Gasteiger partial charge is 0.236 e. The molecule has 1 aromatic heterocycles. The van der Waals surface area contributed by atoms with Crippen molar-refractivity contribution in [2.75, 3.05) is 31.5 Å². The van der Waals surface area contributed by atoms with E-state index in [1.54, 1.807) is 12.3 Å². The molecule has 0 aliphatic carbocycles. The highest BCUT2D eigenvalue weighted by Gasteiger charge is 2.26. The van der Waals surface area contributed by atoms with Gasteiger partial charge in [-0.2, -0.15) is 0 Å². The first kappa shape index (κ1) is 21.9. The first-order chi connectivity index (χ1) is 15.6. The van der Waals surface area contributed by atoms with Crippen molar-refractivity contribution in [1.82, 2.24) is 20.2 Å². The van der Waals surface area contributed by atoms with Gasteiger partial charge in [-0.15, -0.1) is 0 Å². The number of hydrogen-bond acceptors (Lipinski definition) is 6. The molecule has 2 heterocycles. The second-order valence-electron chi connectivity index (χ2n) is 7.87. The molecule has 1 aliphatic rings. The summed E-state index contributed by atoms with van der Waals surface area (Å²) in [6.45, 7) is 3.42. The third-order valence-electron chi connectivity index (χ3n) is 5.53. The van der Waals surface area contributed by atoms with Crippen LogP contribution in [0.25, 0.3) is 11.3 Å². The largest absolute Gasteiger partial charge is 0.368 e. The number of piperazine rings is 1. The predicted molar refractivity (Wildman–Crippen MR) is 122 cm³/mol. The lowest BCUT2D eigenvalue weighted by molar-refractivity contribution is -0.124. The van der Waals surface area contributed by atoms with Crippen molar-refractivity contribution in [3.63, 3.8) is 0 Å². The molecule has 0 saturated carbocycles. The lowest BCUT2D eigenvalue weighted by Gasteiger charge is -2.34. The molecule has 1 unspecified atom stereocenters. The lowest BCUT2D eigenvalue weighted by atomic mass is 10.1. The van der Waals surface area contributed by atoms with Crippen molar-refractivity contribution in [2.24, 2.45) is 5.73 Å². The molecule has 1 aliphatic heterocycles. The predicted octanol–water partition coefficient (Wildman–Crippen LogP) is 2.20. The van der Waals surface area contributed by atoms with Gasteiger partial charge in [0, 0.05) is 44.5 Å². The standard InChI is InChI=1S/C24H27FN6O/c25-20-6-2-3-17(14-20)7-9-28-24-29-10-8-21(30-24)19-5-1-4-18(13-19)16-31-12-11-27-15-22(31)23(26)32/h1-6,8,10,13-14,22,27H,7,9,11-12,15-16H2,(H2,26,32)(H,28,29,30). The van der Waals surface area contributed by atoms with Crippen LogP contribution in [0.5, 0.6) is 0 Å². The molecule has 32 heavy (non-hydrogen) atoms. The first-order valence-electron chi connectivity index (χ1n) is 10.7. The number of amides is 1. The molecule has 4 rings (SSSR count). The van der Waals surface area contributed by atoms with Gasteiger partial charge < -0.3 is 16.4 Å². The number of carbonyl (C=O) groups excluding carboxylic acids is 1. The number of carbonyl (C=O) groups is 1. The Balaban J connectivity index is 1.42. The van der Waals surface area contributed by atoms with Crippen LogP contribution in [-0.4, -0.2) is 53.0 Å². The van der Waals surface area contributed by atoms with Gasteiger partial charge in [0.25, 0.3) is 0 Å². The molecule has 166 valence electrons. The maximum Gasteiger partial charge on any atom is 0.236 e. The Hall–Kier alpha value is -3.36. The number of nitrogens with zero attached hydrogens (tertiary/aromatic N) is 3. The van der Waals surface area contributed by atoms with E-state index >= 15 is 0 Å². The van der Waals surface area contributed by atoms with E-state index in [-0.39, 0.29) is 17.8 Å². The quantitative estimate of drug-likeness (QED) is 0.503. The molecular formula is C24H27FN6O. The van der Waals surface area contributed by atoms with Gasteiger partial charge in [0.15, 0.2) is 0 Å². The minimum Gasteiger partial charge on any atom is -0.368 e. The summed E-state index contributed by atoms with van der Waals surface area (Å²) >= 11 is 0. The van der Waals surface area contributed by atoms with E-state index in [4.69, 9.17) is 5.73 Å². The highest BCUT2D eigenvalue weighted by atomic mass is 19.1. The highest BCUT2D eigenvalue weighted by Crippen LogP contribution is 2.21. The summed E-state index contributed by atoms with van der Waals surface area (Å²) in [6, 6.07) is 16.3. The average molecular weight is 435 g/mol. The van der Waals surface area contributed by atoms with E-state index in [2.05, 4.69) is 31.6 Å². The highest BCUT2D eigenvalue weighted by molar-refractivity contribution is 5.80. The Morgan fingerprint density at radius 3 is 2.88 bits per heavy atom. The van der Waals surface area contributed by atoms with Crippen LogP contribution < -0.4 is 16.4 Å². The molecule has 4 N–H and O–H groups in total. The van der Waals surface area contributed by atoms with Gasteiger partial charge in [-0.1, -0.05) is 30.3 Å². The summed E-state index contributed by atoms with van der Waals surface area (Å²) in [5.74, 6) is -0.0121. The topological polar surface area (TPSA) is 96.2 Å². The number of aromatic nitrogens is 2. The van der Waals surface area contributed by atoms with Crippen LogP contribution in [0.1, 0.15) is 11.1 Å². The third kappa shape index (κ3) is 5.66. The van der Waals surface area contributed by atoms with Crippen molar-refractivity contribution in [3.8, 4) is 11.3 Å². The maximum atomic E-state index is 13.3.